The lowest BCUT2D eigenvalue weighted by Crippen LogP contribution is -2.69. The molecule has 2 heterocycles. The molecule has 0 saturated carbocycles. The predicted octanol–water partition coefficient (Wildman–Crippen LogP) is 0.446. The first-order valence-corrected chi connectivity index (χ1v) is 11.1. The zero-order valence-electron chi connectivity index (χ0n) is 19.6. The monoisotopic (exact) mass is 495 g/mol. The number of nitrogens with one attached hydrogen (secondary N) is 2. The highest BCUT2D eigenvalue weighted by molar-refractivity contribution is 6.36. The van der Waals surface area contributed by atoms with Crippen molar-refractivity contribution in [3.05, 3.63) is 59.2 Å². The van der Waals surface area contributed by atoms with E-state index in [1.807, 2.05) is 0 Å². The molecule has 2 aliphatic rings. The average Bonchev–Trinajstić information content (AvgIpc) is 3.33. The maximum atomic E-state index is 13.1. The number of aliphatic carboxylic acids is 1. The second-order valence-corrected chi connectivity index (χ2v) is 8.43. The molecule has 0 aromatic heterocycles. The van der Waals surface area contributed by atoms with Gasteiger partial charge in [-0.05, 0) is 43.7 Å². The van der Waals surface area contributed by atoms with Crippen LogP contribution in [0.25, 0.3) is 0 Å². The van der Waals surface area contributed by atoms with Gasteiger partial charge in [0.1, 0.15) is 12.0 Å². The van der Waals surface area contributed by atoms with Crippen LogP contribution in [-0.2, 0) is 19.9 Å². The molecule has 0 aliphatic carbocycles. The molecule has 2 atom stereocenters. The number of carbonyl (C=O) groups excluding carboxylic acids is 3. The first-order valence-electron chi connectivity index (χ1n) is 11.1. The number of amides is 3. The van der Waals surface area contributed by atoms with Crippen LogP contribution in [0.15, 0.2) is 42.5 Å². The molecule has 2 aromatic carbocycles. The summed E-state index contributed by atoms with van der Waals surface area (Å²) in [5.74, 6) is -3.24. The van der Waals surface area contributed by atoms with Crippen LogP contribution in [-0.4, -0.2) is 70.5 Å². The van der Waals surface area contributed by atoms with Crippen LogP contribution in [0.3, 0.4) is 0 Å². The summed E-state index contributed by atoms with van der Waals surface area (Å²) in [6, 6.07) is 10.5. The third-order valence-electron chi connectivity index (χ3n) is 6.41. The summed E-state index contributed by atoms with van der Waals surface area (Å²) in [5.41, 5.74) is 4.39. The lowest BCUT2D eigenvalue weighted by atomic mass is 9.88. The van der Waals surface area contributed by atoms with Gasteiger partial charge in [-0.25, -0.2) is 4.79 Å². The van der Waals surface area contributed by atoms with Gasteiger partial charge in [-0.2, -0.15) is 0 Å². The summed E-state index contributed by atoms with van der Waals surface area (Å²) in [4.78, 5) is 53.8. The third kappa shape index (κ3) is 4.06. The van der Waals surface area contributed by atoms with Crippen LogP contribution in [0.2, 0.25) is 0 Å². The van der Waals surface area contributed by atoms with Gasteiger partial charge >= 0.3 is 17.8 Å². The number of nitrogen functional groups attached to an aromatic ring is 1. The van der Waals surface area contributed by atoms with E-state index in [1.54, 1.807) is 6.92 Å². The fourth-order valence-corrected chi connectivity index (χ4v) is 4.24. The number of likely N-dealkylation sites (N-methyl/N-ethyl adjacent to an activating group) is 1. The largest absolute Gasteiger partial charge is 0.479 e. The van der Waals surface area contributed by atoms with E-state index in [9.17, 15) is 24.3 Å². The Kier molecular flexibility index (Phi) is 6.27. The summed E-state index contributed by atoms with van der Waals surface area (Å²) < 4.78 is 10.6. The molecule has 12 heteroatoms. The maximum absolute atomic E-state index is 13.1. The Balaban J connectivity index is 1.66. The zero-order valence-corrected chi connectivity index (χ0v) is 19.6. The van der Waals surface area contributed by atoms with Gasteiger partial charge in [-0.1, -0.05) is 18.2 Å². The summed E-state index contributed by atoms with van der Waals surface area (Å²) in [6.07, 6.45) is -0.993. The van der Waals surface area contributed by atoms with E-state index >= 15 is 0 Å². The first-order chi connectivity index (χ1) is 17.1. The molecule has 4 rings (SSSR count). The zero-order chi connectivity index (χ0) is 26.2. The molecule has 0 radical (unpaired) electrons. The number of benzene rings is 2. The summed E-state index contributed by atoms with van der Waals surface area (Å²) in [7, 11) is 0. The van der Waals surface area contributed by atoms with E-state index in [0.717, 1.165) is 4.90 Å². The van der Waals surface area contributed by atoms with Crippen LogP contribution in [0.4, 0.5) is 0 Å². The fourth-order valence-electron chi connectivity index (χ4n) is 4.24. The molecular formula is C24H25N5O7. The summed E-state index contributed by atoms with van der Waals surface area (Å²) in [5, 5.41) is 20.4. The number of piperazine rings is 1. The van der Waals surface area contributed by atoms with Gasteiger partial charge < -0.3 is 35.4 Å². The number of hydrogen-bond donors (Lipinski definition) is 4. The average molecular weight is 495 g/mol. The number of nitrogens with two attached hydrogens (primary N) is 1. The van der Waals surface area contributed by atoms with Crippen molar-refractivity contribution in [2.24, 2.45) is 5.73 Å². The molecule has 1 saturated heterocycles. The maximum Gasteiger partial charge on any atom is 0.334 e. The number of carboxylic acids is 1. The number of carbonyl (C=O) groups is 4. The molecule has 0 bridgehead atoms. The number of nitrogens with zero attached hydrogens (tertiary/aromatic N) is 2. The van der Waals surface area contributed by atoms with Crippen LogP contribution in [0.5, 0.6) is 11.5 Å². The Hall–Kier alpha value is -4.61. The highest BCUT2D eigenvalue weighted by atomic mass is 16.7. The molecule has 12 nitrogen and oxygen atoms in total. The smallest absolute Gasteiger partial charge is 0.334 e. The molecule has 2 aromatic rings. The van der Waals surface area contributed by atoms with E-state index < -0.39 is 35.4 Å². The van der Waals surface area contributed by atoms with E-state index in [2.05, 4.69) is 5.32 Å². The van der Waals surface area contributed by atoms with Crippen molar-refractivity contribution in [3.63, 3.8) is 0 Å². The highest BCUT2D eigenvalue weighted by Gasteiger charge is 2.51. The number of rotatable bonds is 7. The van der Waals surface area contributed by atoms with Gasteiger partial charge in [0.05, 0.1) is 6.54 Å². The molecule has 5 N–H and O–H groups in total. The number of fused-ring (bicyclic) bond motifs is 1. The standard InChI is InChI=1S/C24H25N5O7/c1-3-28-18(27-20(30)14-6-4-13(5-7-14)19(25)26)11-29(22(32)21(28)31)24(2,23(33)34)15-8-9-16-17(10-15)36-12-35-16/h4-10,18H,3,11-12H2,1-2H3,(H3,25,26)(H,27,30)(H,33,34). The van der Waals surface area contributed by atoms with Gasteiger partial charge in [-0.3, -0.25) is 19.8 Å². The number of hydrogen-bond acceptors (Lipinski definition) is 7. The van der Waals surface area contributed by atoms with E-state index in [-0.39, 0.29) is 36.8 Å². The van der Waals surface area contributed by atoms with Crippen molar-refractivity contribution in [2.75, 3.05) is 19.9 Å². The quantitative estimate of drug-likeness (QED) is 0.243. The minimum Gasteiger partial charge on any atom is -0.479 e. The van der Waals surface area contributed by atoms with Gasteiger partial charge in [0, 0.05) is 17.7 Å². The minimum absolute atomic E-state index is 0.0172. The van der Waals surface area contributed by atoms with Crippen molar-refractivity contribution in [1.82, 2.24) is 15.1 Å². The van der Waals surface area contributed by atoms with Crippen molar-refractivity contribution < 1.29 is 33.8 Å². The second-order valence-electron chi connectivity index (χ2n) is 8.43. The summed E-state index contributed by atoms with van der Waals surface area (Å²) >= 11 is 0. The normalized spacial score (nSPS) is 18.6. The lowest BCUT2D eigenvalue weighted by molar-refractivity contribution is -0.172. The summed E-state index contributed by atoms with van der Waals surface area (Å²) in [6.45, 7) is 2.79. The molecule has 0 spiro atoms. The SMILES string of the molecule is CCN1C(=O)C(=O)N(C(C)(C(=O)O)c2ccc3c(c2)OCO3)CC1NC(=O)c1ccc(C(=N)N)cc1. The van der Waals surface area contributed by atoms with E-state index in [1.165, 1.54) is 54.3 Å². The Bertz CT molecular complexity index is 1260. The number of carboxylic acid groups (broad SMARTS) is 1. The van der Waals surface area contributed by atoms with Crippen LogP contribution >= 0.6 is 0 Å². The third-order valence-corrected chi connectivity index (χ3v) is 6.41. The first kappa shape index (κ1) is 24.5. The molecule has 2 aliphatic heterocycles. The topological polar surface area (TPSA) is 175 Å². The Morgan fingerprint density at radius 1 is 1.11 bits per heavy atom. The van der Waals surface area contributed by atoms with Crippen molar-refractivity contribution in [2.45, 2.75) is 25.6 Å². The molecule has 3 amide bonds. The van der Waals surface area contributed by atoms with Gasteiger partial charge in [-0.15, -0.1) is 0 Å². The molecule has 188 valence electrons. The van der Waals surface area contributed by atoms with Crippen molar-refractivity contribution in [3.8, 4) is 11.5 Å². The lowest BCUT2D eigenvalue weighted by Gasteiger charge is -2.46. The Labute approximate surface area is 206 Å². The molecule has 36 heavy (non-hydrogen) atoms. The van der Waals surface area contributed by atoms with Gasteiger partial charge in [0.2, 0.25) is 6.79 Å². The van der Waals surface area contributed by atoms with Gasteiger partial charge in [0.15, 0.2) is 17.0 Å². The minimum atomic E-state index is -1.94. The fraction of sp³-hybridized carbons (Fsp3) is 0.292. The molecule has 1 fully saturated rings. The van der Waals surface area contributed by atoms with Crippen molar-refractivity contribution in [1.29, 1.82) is 5.41 Å². The number of ether oxygens (including phenoxy) is 2. The van der Waals surface area contributed by atoms with Crippen LogP contribution in [0.1, 0.15) is 35.3 Å². The molecular weight excluding hydrogens is 470 g/mol. The number of amidine groups is 1. The predicted molar refractivity (Wildman–Crippen MR) is 125 cm³/mol. The van der Waals surface area contributed by atoms with E-state index in [0.29, 0.717) is 17.1 Å². The second kappa shape index (κ2) is 9.21. The van der Waals surface area contributed by atoms with Gasteiger partial charge in [0.25, 0.3) is 5.91 Å². The Morgan fingerprint density at radius 2 is 1.75 bits per heavy atom. The highest BCUT2D eigenvalue weighted by Crippen LogP contribution is 2.39. The van der Waals surface area contributed by atoms with Crippen molar-refractivity contribution >= 4 is 29.5 Å². The van der Waals surface area contributed by atoms with Crippen LogP contribution in [0, 0.1) is 5.41 Å². The molecule has 2 unspecified atom stereocenters. The van der Waals surface area contributed by atoms with E-state index in [4.69, 9.17) is 20.6 Å². The Morgan fingerprint density at radius 3 is 2.36 bits per heavy atom. The van der Waals surface area contributed by atoms with Crippen LogP contribution < -0.4 is 20.5 Å².